The largest absolute Gasteiger partial charge is 0.480 e. The number of hydrogen-bond donors (Lipinski definition) is 1. The lowest BCUT2D eigenvalue weighted by molar-refractivity contribution is -0.138. The summed E-state index contributed by atoms with van der Waals surface area (Å²) in [5, 5.41) is 12.0. The number of carbonyl (C=O) groups is 2. The fourth-order valence-electron chi connectivity index (χ4n) is 6.80. The third-order valence-electron chi connectivity index (χ3n) is 8.72. The Kier molecular flexibility index (Phi) is 8.31. The molecule has 1 amide bonds. The van der Waals surface area contributed by atoms with Crippen molar-refractivity contribution in [3.05, 3.63) is 77.9 Å². The van der Waals surface area contributed by atoms with Crippen LogP contribution in [0, 0.1) is 0 Å². The van der Waals surface area contributed by atoms with Gasteiger partial charge in [0.05, 0.1) is 0 Å². The van der Waals surface area contributed by atoms with Crippen molar-refractivity contribution in [2.24, 2.45) is 0 Å². The molecular weight excluding hydrogens is 472 g/mol. The Morgan fingerprint density at radius 2 is 1.53 bits per heavy atom. The molecule has 0 heterocycles. The summed E-state index contributed by atoms with van der Waals surface area (Å²) in [6, 6.07) is 23.8. The molecule has 1 N–H and O–H groups in total. The molecule has 5 nitrogen and oxygen atoms in total. The molecule has 3 aromatic rings. The molecule has 200 valence electrons. The summed E-state index contributed by atoms with van der Waals surface area (Å²) in [6.45, 7) is 3.00. The van der Waals surface area contributed by atoms with E-state index >= 15 is 0 Å². The van der Waals surface area contributed by atoms with Gasteiger partial charge in [-0.2, -0.15) is 0 Å². The Bertz CT molecular complexity index is 1240. The zero-order valence-corrected chi connectivity index (χ0v) is 22.5. The summed E-state index contributed by atoms with van der Waals surface area (Å²) in [7, 11) is 0. The molecule has 0 bridgehead atoms. The number of hydrogen-bond acceptors (Lipinski definition) is 3. The number of nitrogens with zero attached hydrogens (tertiary/aromatic N) is 2. The van der Waals surface area contributed by atoms with Gasteiger partial charge in [0.15, 0.2) is 0 Å². The number of amides is 1. The van der Waals surface area contributed by atoms with Crippen LogP contribution in [0.5, 0.6) is 0 Å². The second-order valence-corrected chi connectivity index (χ2v) is 11.0. The van der Waals surface area contributed by atoms with Gasteiger partial charge < -0.3 is 14.9 Å². The highest BCUT2D eigenvalue weighted by Gasteiger charge is 2.30. The number of fused-ring (bicyclic) bond motifs is 1. The lowest BCUT2D eigenvalue weighted by Crippen LogP contribution is -2.44. The Morgan fingerprint density at radius 1 is 0.816 bits per heavy atom. The highest BCUT2D eigenvalue weighted by molar-refractivity contribution is 5.96. The normalized spacial score (nSPS) is 20.2. The molecule has 38 heavy (non-hydrogen) atoms. The van der Waals surface area contributed by atoms with Crippen molar-refractivity contribution in [1.29, 1.82) is 0 Å². The summed E-state index contributed by atoms with van der Waals surface area (Å²) >= 11 is 0. The third kappa shape index (κ3) is 5.72. The monoisotopic (exact) mass is 512 g/mol. The van der Waals surface area contributed by atoms with Crippen molar-refractivity contribution in [1.82, 2.24) is 4.90 Å². The fraction of sp³-hybridized carbons (Fsp3) is 0.455. The molecule has 0 radical (unpaired) electrons. The maximum Gasteiger partial charge on any atom is 0.323 e. The van der Waals surface area contributed by atoms with E-state index in [1.54, 1.807) is 4.90 Å². The molecule has 0 saturated heterocycles. The molecule has 3 aromatic carbocycles. The van der Waals surface area contributed by atoms with Crippen molar-refractivity contribution < 1.29 is 14.7 Å². The Balaban J connectivity index is 1.31. The van der Waals surface area contributed by atoms with E-state index in [0.717, 1.165) is 45.1 Å². The van der Waals surface area contributed by atoms with Crippen LogP contribution in [-0.2, 0) is 4.79 Å². The lowest BCUT2D eigenvalue weighted by atomic mass is 9.80. The van der Waals surface area contributed by atoms with Crippen LogP contribution in [-0.4, -0.2) is 47.1 Å². The van der Waals surface area contributed by atoms with Crippen molar-refractivity contribution in [2.75, 3.05) is 18.0 Å². The average Bonchev–Trinajstić information content (AvgIpc) is 2.97. The number of benzene rings is 3. The highest BCUT2D eigenvalue weighted by atomic mass is 16.4. The van der Waals surface area contributed by atoms with Gasteiger partial charge in [-0.25, -0.2) is 0 Å². The Morgan fingerprint density at radius 3 is 2.26 bits per heavy atom. The van der Waals surface area contributed by atoms with Crippen LogP contribution in [0.2, 0.25) is 0 Å². The van der Waals surface area contributed by atoms with Gasteiger partial charge in [0.25, 0.3) is 5.91 Å². The predicted octanol–water partition coefficient (Wildman–Crippen LogP) is 7.25. The number of anilines is 1. The van der Waals surface area contributed by atoms with Crippen LogP contribution in [0.3, 0.4) is 0 Å². The predicted molar refractivity (Wildman–Crippen MR) is 154 cm³/mol. The van der Waals surface area contributed by atoms with Gasteiger partial charge >= 0.3 is 5.97 Å². The van der Waals surface area contributed by atoms with E-state index in [1.807, 2.05) is 12.1 Å². The lowest BCUT2D eigenvalue weighted by Gasteiger charge is -2.39. The molecule has 2 unspecified atom stereocenters. The molecule has 2 aliphatic rings. The second-order valence-electron chi connectivity index (χ2n) is 11.0. The van der Waals surface area contributed by atoms with Crippen molar-refractivity contribution in [3.63, 3.8) is 0 Å². The first-order valence-corrected chi connectivity index (χ1v) is 14.4. The first-order valence-electron chi connectivity index (χ1n) is 14.4. The molecule has 2 fully saturated rings. The number of carbonyl (C=O) groups excluding carboxylic acids is 1. The van der Waals surface area contributed by atoms with Crippen LogP contribution >= 0.6 is 0 Å². The number of rotatable bonds is 8. The molecule has 2 atom stereocenters. The molecule has 0 spiro atoms. The summed E-state index contributed by atoms with van der Waals surface area (Å²) in [4.78, 5) is 29.1. The zero-order chi connectivity index (χ0) is 26.5. The number of carboxylic acids is 1. The number of aliphatic carboxylic acids is 1. The SMILES string of the molecule is CCN(c1cccc2ccccc12)C1CCCC(c2ccc(C(=O)N(CC(=O)O)C3CCCCC3)cc2)C1. The highest BCUT2D eigenvalue weighted by Crippen LogP contribution is 2.38. The minimum atomic E-state index is -0.944. The van der Waals surface area contributed by atoms with E-state index in [1.165, 1.54) is 41.3 Å². The van der Waals surface area contributed by atoms with Crippen molar-refractivity contribution in [3.8, 4) is 0 Å². The summed E-state index contributed by atoms with van der Waals surface area (Å²) in [5.41, 5.74) is 3.19. The smallest absolute Gasteiger partial charge is 0.323 e. The number of carboxylic acid groups (broad SMARTS) is 1. The molecule has 0 aliphatic heterocycles. The van der Waals surface area contributed by atoms with Crippen LogP contribution in [0.25, 0.3) is 10.8 Å². The van der Waals surface area contributed by atoms with Gasteiger partial charge in [-0.1, -0.05) is 74.2 Å². The zero-order valence-electron chi connectivity index (χ0n) is 22.5. The first-order chi connectivity index (χ1) is 18.5. The minimum Gasteiger partial charge on any atom is -0.480 e. The standard InChI is InChI=1S/C33H40N2O3/c1-2-34(31-17-9-11-25-10-6-7-16-30(25)31)29-15-8-12-27(22-29)24-18-20-26(21-19-24)33(38)35(23-32(36)37)28-13-4-3-5-14-28/h6-7,9-11,16-21,27-29H,2-5,8,12-15,22-23H2,1H3,(H,36,37). The van der Waals surface area contributed by atoms with E-state index in [9.17, 15) is 14.7 Å². The van der Waals surface area contributed by atoms with Crippen molar-refractivity contribution in [2.45, 2.75) is 82.7 Å². The van der Waals surface area contributed by atoms with E-state index in [2.05, 4.69) is 66.4 Å². The van der Waals surface area contributed by atoms with Crippen LogP contribution in [0.1, 0.15) is 86.6 Å². The van der Waals surface area contributed by atoms with Crippen LogP contribution in [0.4, 0.5) is 5.69 Å². The van der Waals surface area contributed by atoms with E-state index in [0.29, 0.717) is 17.5 Å². The van der Waals surface area contributed by atoms with Gasteiger partial charge in [0, 0.05) is 35.3 Å². The third-order valence-corrected chi connectivity index (χ3v) is 8.72. The topological polar surface area (TPSA) is 60.9 Å². The minimum absolute atomic E-state index is 0.0280. The summed E-state index contributed by atoms with van der Waals surface area (Å²) in [6.07, 6.45) is 9.70. The van der Waals surface area contributed by atoms with E-state index < -0.39 is 5.97 Å². The molecule has 0 aromatic heterocycles. The van der Waals surface area contributed by atoms with Gasteiger partial charge in [0.1, 0.15) is 6.54 Å². The summed E-state index contributed by atoms with van der Waals surface area (Å²) in [5.74, 6) is -0.642. The van der Waals surface area contributed by atoms with Gasteiger partial charge in [-0.05, 0) is 74.1 Å². The Hall–Kier alpha value is -3.34. The summed E-state index contributed by atoms with van der Waals surface area (Å²) < 4.78 is 0. The Labute approximate surface area is 226 Å². The molecule has 5 heteroatoms. The van der Waals surface area contributed by atoms with Gasteiger partial charge in [-0.3, -0.25) is 9.59 Å². The fourth-order valence-corrected chi connectivity index (χ4v) is 6.80. The van der Waals surface area contributed by atoms with E-state index in [-0.39, 0.29) is 18.5 Å². The van der Waals surface area contributed by atoms with Crippen molar-refractivity contribution >= 4 is 28.3 Å². The van der Waals surface area contributed by atoms with Crippen LogP contribution in [0.15, 0.2) is 66.7 Å². The van der Waals surface area contributed by atoms with Gasteiger partial charge in [-0.15, -0.1) is 0 Å². The average molecular weight is 513 g/mol. The molecule has 2 aliphatic carbocycles. The van der Waals surface area contributed by atoms with Gasteiger partial charge in [0.2, 0.25) is 0 Å². The maximum atomic E-state index is 13.4. The van der Waals surface area contributed by atoms with Crippen LogP contribution < -0.4 is 4.90 Å². The molecule has 5 rings (SSSR count). The quantitative estimate of drug-likeness (QED) is 0.345. The maximum absolute atomic E-state index is 13.4. The van der Waals surface area contributed by atoms with E-state index in [4.69, 9.17) is 0 Å². The molecular formula is C33H40N2O3. The second kappa shape index (κ2) is 12.0. The molecule has 2 saturated carbocycles. The first kappa shape index (κ1) is 26.3.